The number of aromatic hydroxyl groups is 1. The molecule has 76 valence electrons. The van der Waals surface area contributed by atoms with Crippen LogP contribution in [0.1, 0.15) is 17.2 Å². The highest BCUT2D eigenvalue weighted by Gasteiger charge is 2.24. The molecule has 0 unspecified atom stereocenters. The lowest BCUT2D eigenvalue weighted by molar-refractivity contribution is -0.681. The number of aliphatic hydroxyl groups is 1. The number of methoxy groups -OCH3 is 1. The lowest BCUT2D eigenvalue weighted by Gasteiger charge is -2.21. The van der Waals surface area contributed by atoms with E-state index < -0.39 is 6.10 Å². The highest BCUT2D eigenvalue weighted by molar-refractivity contribution is 5.50. The summed E-state index contributed by atoms with van der Waals surface area (Å²) in [4.78, 5) is 0. The Morgan fingerprint density at radius 3 is 3.00 bits per heavy atom. The number of phenols is 1. The molecule has 1 aliphatic heterocycles. The van der Waals surface area contributed by atoms with E-state index in [-0.39, 0.29) is 5.75 Å². The summed E-state index contributed by atoms with van der Waals surface area (Å²) in [5, 5.41) is 21.4. The molecule has 0 saturated heterocycles. The summed E-state index contributed by atoms with van der Waals surface area (Å²) in [6.45, 7) is 1.34. The fourth-order valence-corrected chi connectivity index (χ4v) is 1.83. The molecule has 1 heterocycles. The van der Waals surface area contributed by atoms with Crippen LogP contribution in [0.5, 0.6) is 11.5 Å². The second kappa shape index (κ2) is 3.48. The van der Waals surface area contributed by atoms with Crippen LogP contribution in [0.25, 0.3) is 0 Å². The average Bonchev–Trinajstić information content (AvgIpc) is 2.20. The van der Waals surface area contributed by atoms with Crippen LogP contribution >= 0.6 is 0 Å². The Labute approximate surface area is 82.1 Å². The Hall–Kier alpha value is -1.26. The largest absolute Gasteiger partial charge is 0.504 e. The Bertz CT molecular complexity index is 351. The molecule has 0 bridgehead atoms. The van der Waals surface area contributed by atoms with Crippen LogP contribution in [-0.4, -0.2) is 23.9 Å². The Morgan fingerprint density at radius 2 is 2.29 bits per heavy atom. The standard InChI is InChI=1S/C10H13NO3/c1-14-9-3-2-6-7(10(9)13)4-11-5-8(6)12/h2-3,8,11-13H,4-5H2,1H3/p+1/t8-/m1/s1. The molecule has 0 saturated carbocycles. The van der Waals surface area contributed by atoms with Crippen molar-refractivity contribution in [1.29, 1.82) is 0 Å². The van der Waals surface area contributed by atoms with E-state index >= 15 is 0 Å². The maximum Gasteiger partial charge on any atom is 0.167 e. The fourth-order valence-electron chi connectivity index (χ4n) is 1.83. The van der Waals surface area contributed by atoms with Gasteiger partial charge in [0.15, 0.2) is 11.5 Å². The van der Waals surface area contributed by atoms with Crippen molar-refractivity contribution in [2.75, 3.05) is 13.7 Å². The van der Waals surface area contributed by atoms with E-state index in [0.717, 1.165) is 11.1 Å². The summed E-state index contributed by atoms with van der Waals surface area (Å²) >= 11 is 0. The molecule has 1 aliphatic rings. The number of hydrogen-bond acceptors (Lipinski definition) is 3. The minimum atomic E-state index is -0.490. The zero-order valence-corrected chi connectivity index (χ0v) is 8.03. The first kappa shape index (κ1) is 9.30. The first-order valence-electron chi connectivity index (χ1n) is 4.62. The van der Waals surface area contributed by atoms with E-state index in [1.807, 2.05) is 11.4 Å². The zero-order chi connectivity index (χ0) is 10.1. The van der Waals surface area contributed by atoms with Gasteiger partial charge in [-0.3, -0.25) is 0 Å². The first-order chi connectivity index (χ1) is 6.74. The van der Waals surface area contributed by atoms with Gasteiger partial charge in [0, 0.05) is 0 Å². The number of aliphatic hydroxyl groups excluding tert-OH is 1. The van der Waals surface area contributed by atoms with E-state index in [2.05, 4.69) is 0 Å². The summed E-state index contributed by atoms with van der Waals surface area (Å²) in [5.74, 6) is 0.617. The van der Waals surface area contributed by atoms with Crippen molar-refractivity contribution in [3.8, 4) is 11.5 Å². The maximum absolute atomic E-state index is 9.80. The van der Waals surface area contributed by atoms with Gasteiger partial charge < -0.3 is 20.3 Å². The molecule has 0 radical (unpaired) electrons. The van der Waals surface area contributed by atoms with E-state index in [1.165, 1.54) is 7.11 Å². The molecule has 14 heavy (non-hydrogen) atoms. The normalized spacial score (nSPS) is 20.3. The van der Waals surface area contributed by atoms with Gasteiger partial charge in [-0.1, -0.05) is 6.07 Å². The van der Waals surface area contributed by atoms with Gasteiger partial charge in [-0.25, -0.2) is 0 Å². The maximum atomic E-state index is 9.80. The molecule has 0 fully saturated rings. The lowest BCUT2D eigenvalue weighted by Crippen LogP contribution is -2.85. The van der Waals surface area contributed by atoms with Gasteiger partial charge in [0.1, 0.15) is 19.2 Å². The van der Waals surface area contributed by atoms with Crippen molar-refractivity contribution in [2.45, 2.75) is 12.6 Å². The Kier molecular flexibility index (Phi) is 2.31. The number of quaternary nitrogens is 1. The van der Waals surface area contributed by atoms with Crippen molar-refractivity contribution in [3.05, 3.63) is 23.3 Å². The Balaban J connectivity index is 2.52. The smallest absolute Gasteiger partial charge is 0.167 e. The summed E-state index contributed by atoms with van der Waals surface area (Å²) in [7, 11) is 1.52. The van der Waals surface area contributed by atoms with Crippen LogP contribution in [0.2, 0.25) is 0 Å². The number of ether oxygens (including phenoxy) is 1. The van der Waals surface area contributed by atoms with E-state index in [0.29, 0.717) is 18.8 Å². The number of fused-ring (bicyclic) bond motifs is 1. The third kappa shape index (κ3) is 1.32. The van der Waals surface area contributed by atoms with Gasteiger partial charge in [-0.05, 0) is 11.6 Å². The predicted molar refractivity (Wildman–Crippen MR) is 50.1 cm³/mol. The molecular formula is C10H14NO3+. The molecule has 0 aromatic heterocycles. The van der Waals surface area contributed by atoms with Gasteiger partial charge in [-0.2, -0.15) is 0 Å². The number of nitrogens with two attached hydrogens (primary N) is 1. The molecule has 1 aromatic rings. The van der Waals surface area contributed by atoms with Crippen LogP contribution < -0.4 is 10.1 Å². The third-order valence-corrected chi connectivity index (χ3v) is 2.60. The summed E-state index contributed by atoms with van der Waals surface area (Å²) < 4.78 is 5.00. The fraction of sp³-hybridized carbons (Fsp3) is 0.400. The molecule has 1 atom stereocenters. The molecule has 0 spiro atoms. The van der Waals surface area contributed by atoms with Crippen LogP contribution in [0.15, 0.2) is 12.1 Å². The second-order valence-electron chi connectivity index (χ2n) is 3.43. The van der Waals surface area contributed by atoms with Crippen LogP contribution in [0.3, 0.4) is 0 Å². The van der Waals surface area contributed by atoms with Crippen LogP contribution in [-0.2, 0) is 6.54 Å². The molecule has 4 nitrogen and oxygen atoms in total. The lowest BCUT2D eigenvalue weighted by atomic mass is 9.97. The second-order valence-corrected chi connectivity index (χ2v) is 3.43. The van der Waals surface area contributed by atoms with Crippen molar-refractivity contribution in [3.63, 3.8) is 0 Å². The summed E-state index contributed by atoms with van der Waals surface area (Å²) in [5.41, 5.74) is 1.59. The van der Waals surface area contributed by atoms with Gasteiger partial charge in [0.2, 0.25) is 0 Å². The van der Waals surface area contributed by atoms with Crippen molar-refractivity contribution >= 4 is 0 Å². The monoisotopic (exact) mass is 196 g/mol. The minimum Gasteiger partial charge on any atom is -0.504 e. The highest BCUT2D eigenvalue weighted by Crippen LogP contribution is 2.35. The first-order valence-corrected chi connectivity index (χ1v) is 4.62. The topological polar surface area (TPSA) is 66.3 Å². The average molecular weight is 196 g/mol. The third-order valence-electron chi connectivity index (χ3n) is 2.60. The van der Waals surface area contributed by atoms with Crippen molar-refractivity contribution in [1.82, 2.24) is 0 Å². The van der Waals surface area contributed by atoms with Gasteiger partial charge in [0.25, 0.3) is 0 Å². The van der Waals surface area contributed by atoms with E-state index in [1.54, 1.807) is 6.07 Å². The van der Waals surface area contributed by atoms with E-state index in [9.17, 15) is 10.2 Å². The van der Waals surface area contributed by atoms with E-state index in [4.69, 9.17) is 4.74 Å². The number of phenolic OH excluding ortho intramolecular Hbond substituents is 1. The number of hydrogen-bond donors (Lipinski definition) is 3. The quantitative estimate of drug-likeness (QED) is 0.568. The van der Waals surface area contributed by atoms with Gasteiger partial charge in [-0.15, -0.1) is 0 Å². The van der Waals surface area contributed by atoms with Crippen molar-refractivity contribution in [2.24, 2.45) is 0 Å². The molecule has 1 aromatic carbocycles. The van der Waals surface area contributed by atoms with Gasteiger partial charge in [0.05, 0.1) is 12.7 Å². The van der Waals surface area contributed by atoms with Crippen LogP contribution in [0.4, 0.5) is 0 Å². The SMILES string of the molecule is COc1ccc2c(c1O)C[NH2+]C[C@H]2O. The molecule has 2 rings (SSSR count). The molecule has 0 aliphatic carbocycles. The number of benzene rings is 1. The predicted octanol–water partition coefficient (Wildman–Crippen LogP) is -0.489. The Morgan fingerprint density at radius 1 is 1.50 bits per heavy atom. The molecule has 4 N–H and O–H groups in total. The molecule has 0 amide bonds. The highest BCUT2D eigenvalue weighted by atomic mass is 16.5. The minimum absolute atomic E-state index is 0.153. The number of rotatable bonds is 1. The summed E-state index contributed by atoms with van der Waals surface area (Å²) in [6, 6.07) is 3.49. The molecule has 4 heteroatoms. The zero-order valence-electron chi connectivity index (χ0n) is 8.03. The van der Waals surface area contributed by atoms with Crippen molar-refractivity contribution < 1.29 is 20.3 Å². The molecular weight excluding hydrogens is 182 g/mol. The van der Waals surface area contributed by atoms with Gasteiger partial charge >= 0.3 is 0 Å². The summed E-state index contributed by atoms with van der Waals surface area (Å²) in [6.07, 6.45) is -0.490. The van der Waals surface area contributed by atoms with Crippen LogP contribution in [0, 0.1) is 0 Å².